The summed E-state index contributed by atoms with van der Waals surface area (Å²) in [6.45, 7) is 2.00. The number of nitrogens with one attached hydrogen (secondary N) is 3. The molecule has 2 amide bonds. The Labute approximate surface area is 253 Å². The van der Waals surface area contributed by atoms with Crippen LogP contribution in [0.15, 0.2) is 68.6 Å². The molecular weight excluding hydrogens is 599 g/mol. The summed E-state index contributed by atoms with van der Waals surface area (Å²) in [7, 11) is 1.61. The minimum atomic E-state index is -0.658. The van der Waals surface area contributed by atoms with Crippen molar-refractivity contribution in [1.82, 2.24) is 10.3 Å². The number of aromatic nitrogens is 1. The maximum Gasteiger partial charge on any atom is 0.338 e. The number of aromatic amines is 1. The number of thioether (sulfide) groups is 2. The van der Waals surface area contributed by atoms with Crippen LogP contribution < -0.4 is 20.2 Å². The number of carbonyl (C=O) groups is 3. The third-order valence-corrected chi connectivity index (χ3v) is 9.81. The number of amides is 2. The van der Waals surface area contributed by atoms with Crippen LogP contribution in [0.5, 0.6) is 5.75 Å². The van der Waals surface area contributed by atoms with Crippen LogP contribution in [0.4, 0.5) is 5.69 Å². The molecule has 11 nitrogen and oxygen atoms in total. The number of esters is 1. The van der Waals surface area contributed by atoms with Gasteiger partial charge in [0.25, 0.3) is 0 Å². The molecule has 1 saturated heterocycles. The molecule has 2 aliphatic rings. The third kappa shape index (κ3) is 6.94. The van der Waals surface area contributed by atoms with E-state index in [1.54, 1.807) is 56.3 Å². The fourth-order valence-electron chi connectivity index (χ4n) is 4.49. The zero-order chi connectivity index (χ0) is 29.6. The van der Waals surface area contributed by atoms with Crippen molar-refractivity contribution in [3.63, 3.8) is 0 Å². The van der Waals surface area contributed by atoms with Crippen molar-refractivity contribution < 1.29 is 23.9 Å². The van der Waals surface area contributed by atoms with Crippen molar-refractivity contribution in [2.45, 2.75) is 29.5 Å². The zero-order valence-corrected chi connectivity index (χ0v) is 25.1. The van der Waals surface area contributed by atoms with E-state index in [0.29, 0.717) is 22.2 Å². The second-order valence-corrected chi connectivity index (χ2v) is 12.5. The largest absolute Gasteiger partial charge is 0.497 e. The van der Waals surface area contributed by atoms with Crippen LogP contribution in [0.2, 0.25) is 0 Å². The van der Waals surface area contributed by atoms with Crippen molar-refractivity contribution in [2.24, 2.45) is 16.1 Å². The molecular formula is C28H27N5O6S3. The summed E-state index contributed by atoms with van der Waals surface area (Å²) in [4.78, 5) is 52.8. The molecule has 2 aromatic carbocycles. The van der Waals surface area contributed by atoms with Gasteiger partial charge in [0.2, 0.25) is 11.8 Å². The van der Waals surface area contributed by atoms with E-state index < -0.39 is 11.2 Å². The highest BCUT2D eigenvalue weighted by Gasteiger charge is 2.34. The van der Waals surface area contributed by atoms with Crippen LogP contribution in [0, 0.1) is 5.92 Å². The Balaban J connectivity index is 1.21. The van der Waals surface area contributed by atoms with Gasteiger partial charge in [-0.3, -0.25) is 14.4 Å². The van der Waals surface area contributed by atoms with Crippen molar-refractivity contribution in [3.05, 3.63) is 74.2 Å². The molecule has 14 heteroatoms. The molecule has 0 bridgehead atoms. The fourth-order valence-corrected chi connectivity index (χ4v) is 7.79. The number of benzene rings is 2. The Morgan fingerprint density at radius 3 is 2.60 bits per heavy atom. The Morgan fingerprint density at radius 1 is 1.12 bits per heavy atom. The van der Waals surface area contributed by atoms with E-state index in [1.807, 2.05) is 24.3 Å². The fraction of sp³-hybridized carbons (Fsp3) is 0.286. The van der Waals surface area contributed by atoms with Crippen LogP contribution in [-0.2, 0) is 14.3 Å². The number of rotatable bonds is 9. The van der Waals surface area contributed by atoms with Crippen LogP contribution in [-0.4, -0.2) is 58.9 Å². The number of ether oxygens (including phenoxy) is 2. The van der Waals surface area contributed by atoms with Crippen LogP contribution in [0.1, 0.15) is 40.1 Å². The lowest BCUT2D eigenvalue weighted by molar-refractivity contribution is -0.122. The number of carbonyl (C=O) groups excluding carboxylic acids is 3. The first-order valence-corrected chi connectivity index (χ1v) is 15.7. The molecule has 0 saturated carbocycles. The van der Waals surface area contributed by atoms with Gasteiger partial charge in [-0.25, -0.2) is 4.79 Å². The molecule has 3 N–H and O–H groups in total. The lowest BCUT2D eigenvalue weighted by atomic mass is 9.86. The minimum absolute atomic E-state index is 0.0504. The van der Waals surface area contributed by atoms with Crippen molar-refractivity contribution in [3.8, 4) is 5.75 Å². The van der Waals surface area contributed by atoms with Gasteiger partial charge >= 0.3 is 10.8 Å². The Kier molecular flexibility index (Phi) is 9.45. The molecule has 0 aliphatic carbocycles. The molecule has 0 unspecified atom stereocenters. The van der Waals surface area contributed by atoms with Crippen LogP contribution in [0.25, 0.3) is 0 Å². The summed E-state index contributed by atoms with van der Waals surface area (Å²) >= 11 is 3.90. The van der Waals surface area contributed by atoms with E-state index >= 15 is 0 Å². The molecule has 3 atom stereocenters. The number of H-pyrrole nitrogens is 1. The number of nitrogens with zero attached hydrogens (tertiary/aromatic N) is 2. The SMILES string of the molecule is CCOC(=O)c1ccc(NC(=O)C[C@@H]2S/C(=N\N=C/[C@H]3CSc4[nH]c(=O)sc4[C@@H]3c3ccc(OC)cc3)NC2=O)cc1. The highest BCUT2D eigenvalue weighted by Crippen LogP contribution is 2.44. The molecule has 0 spiro atoms. The molecule has 42 heavy (non-hydrogen) atoms. The summed E-state index contributed by atoms with van der Waals surface area (Å²) < 4.78 is 10.2. The summed E-state index contributed by atoms with van der Waals surface area (Å²) in [6, 6.07) is 14.1. The summed E-state index contributed by atoms with van der Waals surface area (Å²) in [5, 5.41) is 14.4. The topological polar surface area (TPSA) is 151 Å². The first-order chi connectivity index (χ1) is 20.3. The van der Waals surface area contributed by atoms with E-state index in [4.69, 9.17) is 9.47 Å². The summed E-state index contributed by atoms with van der Waals surface area (Å²) in [5.74, 6) is 0.181. The first-order valence-electron chi connectivity index (χ1n) is 13.0. The van der Waals surface area contributed by atoms with Gasteiger partial charge in [0.15, 0.2) is 5.17 Å². The van der Waals surface area contributed by atoms with Crippen molar-refractivity contribution in [2.75, 3.05) is 24.8 Å². The molecule has 218 valence electrons. The predicted octanol–water partition coefficient (Wildman–Crippen LogP) is 4.08. The number of thiazole rings is 1. The van der Waals surface area contributed by atoms with Crippen LogP contribution >= 0.6 is 34.9 Å². The van der Waals surface area contributed by atoms with Crippen LogP contribution in [0.3, 0.4) is 0 Å². The molecule has 3 heterocycles. The molecule has 1 aromatic heterocycles. The number of fused-ring (bicyclic) bond motifs is 1. The number of amidine groups is 1. The van der Waals surface area contributed by atoms with Gasteiger partial charge in [-0.1, -0.05) is 35.2 Å². The van der Waals surface area contributed by atoms with E-state index in [9.17, 15) is 19.2 Å². The van der Waals surface area contributed by atoms with Gasteiger partial charge in [0, 0.05) is 40.8 Å². The van der Waals surface area contributed by atoms with E-state index in [0.717, 1.165) is 33.0 Å². The highest BCUT2D eigenvalue weighted by atomic mass is 32.2. The van der Waals surface area contributed by atoms with Gasteiger partial charge in [0.1, 0.15) is 11.0 Å². The van der Waals surface area contributed by atoms with Crippen molar-refractivity contribution in [1.29, 1.82) is 0 Å². The molecule has 5 rings (SSSR count). The summed E-state index contributed by atoms with van der Waals surface area (Å²) in [6.07, 6.45) is 1.68. The first kappa shape index (κ1) is 29.6. The Morgan fingerprint density at radius 2 is 1.88 bits per heavy atom. The third-order valence-electron chi connectivity index (χ3n) is 6.48. The zero-order valence-electron chi connectivity index (χ0n) is 22.6. The Bertz CT molecular complexity index is 1580. The van der Waals surface area contributed by atoms with E-state index in [1.165, 1.54) is 11.3 Å². The second kappa shape index (κ2) is 13.4. The minimum Gasteiger partial charge on any atom is -0.497 e. The van der Waals surface area contributed by atoms with Gasteiger partial charge < -0.3 is 25.1 Å². The smallest absolute Gasteiger partial charge is 0.338 e. The maximum absolute atomic E-state index is 12.6. The lowest BCUT2D eigenvalue weighted by Gasteiger charge is -2.28. The quantitative estimate of drug-likeness (QED) is 0.183. The normalized spacial score (nSPS) is 20.8. The number of hydrogen-bond donors (Lipinski definition) is 3. The summed E-state index contributed by atoms with van der Waals surface area (Å²) in [5.41, 5.74) is 1.91. The van der Waals surface area contributed by atoms with E-state index in [2.05, 4.69) is 25.8 Å². The van der Waals surface area contributed by atoms with Gasteiger partial charge in [-0.15, -0.1) is 16.9 Å². The standard InChI is InChI=1S/C28H27N5O6S3/c1-3-39-26(36)16-4-8-18(9-5-16)30-21(34)12-20-24(35)31-27(41-20)33-29-13-17-14-40-25-23(42-28(37)32-25)22(17)15-6-10-19(38-2)11-7-15/h4-11,13,17,20,22H,3,12,14H2,1-2H3,(H,30,34)(H,32,37)(H,31,33,35)/b29-13-/t17-,20-,22+/m0/s1. The van der Waals surface area contributed by atoms with Gasteiger partial charge in [-0.05, 0) is 48.9 Å². The van der Waals surface area contributed by atoms with Crippen molar-refractivity contribution >= 4 is 69.7 Å². The number of hydrogen-bond acceptors (Lipinski definition) is 11. The number of anilines is 1. The molecule has 2 aliphatic heterocycles. The maximum atomic E-state index is 12.6. The average Bonchev–Trinajstić information content (AvgIpc) is 3.53. The highest BCUT2D eigenvalue weighted by molar-refractivity contribution is 8.15. The molecule has 0 radical (unpaired) electrons. The molecule has 3 aromatic rings. The lowest BCUT2D eigenvalue weighted by Crippen LogP contribution is -2.28. The monoisotopic (exact) mass is 625 g/mol. The Hall–Kier alpha value is -3.88. The molecule has 1 fully saturated rings. The van der Waals surface area contributed by atoms with Gasteiger partial charge in [0.05, 0.1) is 24.3 Å². The van der Waals surface area contributed by atoms with E-state index in [-0.39, 0.29) is 41.6 Å². The average molecular weight is 626 g/mol. The predicted molar refractivity (Wildman–Crippen MR) is 165 cm³/mol. The number of methoxy groups -OCH3 is 1. The second-order valence-electron chi connectivity index (χ2n) is 9.25. The van der Waals surface area contributed by atoms with Gasteiger partial charge in [-0.2, -0.15) is 5.10 Å².